The fourth-order valence-electron chi connectivity index (χ4n) is 2.68. The fourth-order valence-corrected chi connectivity index (χ4v) is 3.87. The molecule has 0 aliphatic rings. The number of carbonyl (C=O) groups is 2. The molecule has 0 saturated heterocycles. The number of rotatable bonds is 6. The molecule has 3 aromatic rings. The Balaban J connectivity index is 1.79. The summed E-state index contributed by atoms with van der Waals surface area (Å²) in [7, 11) is 3.07. The molecule has 1 heterocycles. The third-order valence-electron chi connectivity index (χ3n) is 4.13. The molecule has 29 heavy (non-hydrogen) atoms. The number of benzene rings is 2. The van der Waals surface area contributed by atoms with Gasteiger partial charge < -0.3 is 20.1 Å². The van der Waals surface area contributed by atoms with Crippen LogP contribution in [-0.2, 0) is 0 Å². The van der Waals surface area contributed by atoms with Crippen molar-refractivity contribution in [3.05, 3.63) is 69.6 Å². The van der Waals surface area contributed by atoms with Crippen LogP contribution in [0.4, 0.5) is 10.7 Å². The number of thiophene rings is 1. The first-order chi connectivity index (χ1) is 13.9. The lowest BCUT2D eigenvalue weighted by molar-refractivity contribution is 0.102. The Kier molecular flexibility index (Phi) is 6.41. The van der Waals surface area contributed by atoms with E-state index in [-0.39, 0.29) is 11.8 Å². The van der Waals surface area contributed by atoms with Crippen LogP contribution in [0.5, 0.6) is 11.5 Å². The topological polar surface area (TPSA) is 76.7 Å². The van der Waals surface area contributed by atoms with Crippen LogP contribution >= 0.6 is 22.9 Å². The van der Waals surface area contributed by atoms with E-state index < -0.39 is 0 Å². The molecule has 2 N–H and O–H groups in total. The lowest BCUT2D eigenvalue weighted by Crippen LogP contribution is -2.12. The van der Waals surface area contributed by atoms with E-state index in [2.05, 4.69) is 10.6 Å². The smallest absolute Gasteiger partial charge is 0.266 e. The largest absolute Gasteiger partial charge is 0.497 e. The molecule has 0 aliphatic heterocycles. The number of halogens is 1. The Labute approximate surface area is 177 Å². The van der Waals surface area contributed by atoms with E-state index in [0.29, 0.717) is 37.7 Å². The highest BCUT2D eigenvalue weighted by atomic mass is 35.5. The van der Waals surface area contributed by atoms with Gasteiger partial charge in [-0.3, -0.25) is 9.59 Å². The minimum Gasteiger partial charge on any atom is -0.497 e. The van der Waals surface area contributed by atoms with Crippen LogP contribution in [0.1, 0.15) is 25.6 Å². The van der Waals surface area contributed by atoms with Gasteiger partial charge in [-0.05, 0) is 42.8 Å². The van der Waals surface area contributed by atoms with Crippen molar-refractivity contribution in [2.75, 3.05) is 24.9 Å². The number of amides is 2. The maximum Gasteiger partial charge on any atom is 0.266 e. The molecular weight excluding hydrogens is 412 g/mol. The van der Waals surface area contributed by atoms with Crippen LogP contribution in [0, 0.1) is 6.92 Å². The van der Waals surface area contributed by atoms with Crippen LogP contribution in [0.2, 0.25) is 5.02 Å². The Hall–Kier alpha value is -3.03. The van der Waals surface area contributed by atoms with Crippen LogP contribution in [0.15, 0.2) is 48.5 Å². The molecule has 6 nitrogen and oxygen atoms in total. The average molecular weight is 431 g/mol. The molecule has 150 valence electrons. The van der Waals surface area contributed by atoms with Gasteiger partial charge in [0.15, 0.2) is 0 Å². The summed E-state index contributed by atoms with van der Waals surface area (Å²) < 4.78 is 10.5. The van der Waals surface area contributed by atoms with Gasteiger partial charge in [0.2, 0.25) is 0 Å². The van der Waals surface area contributed by atoms with Crippen molar-refractivity contribution < 1.29 is 19.1 Å². The number of hydrogen-bond donors (Lipinski definition) is 2. The van der Waals surface area contributed by atoms with Crippen LogP contribution in [-0.4, -0.2) is 26.0 Å². The highest BCUT2D eigenvalue weighted by Gasteiger charge is 2.18. The van der Waals surface area contributed by atoms with Gasteiger partial charge in [0.05, 0.1) is 40.4 Å². The van der Waals surface area contributed by atoms with Crippen molar-refractivity contribution in [1.82, 2.24) is 0 Å². The minimum atomic E-state index is -0.335. The van der Waals surface area contributed by atoms with Crippen molar-refractivity contribution in [2.24, 2.45) is 0 Å². The van der Waals surface area contributed by atoms with E-state index in [4.69, 9.17) is 21.1 Å². The maximum absolute atomic E-state index is 12.8. The molecule has 0 unspecified atom stereocenters. The molecule has 0 saturated carbocycles. The normalized spacial score (nSPS) is 10.3. The number of anilines is 2. The number of ether oxygens (including phenoxy) is 2. The molecule has 2 amide bonds. The predicted molar refractivity (Wildman–Crippen MR) is 116 cm³/mol. The molecule has 1 aromatic heterocycles. The van der Waals surface area contributed by atoms with Gasteiger partial charge in [-0.2, -0.15) is 0 Å². The first kappa shape index (κ1) is 20.7. The number of carbonyl (C=O) groups excluding carboxylic acids is 2. The lowest BCUT2D eigenvalue weighted by atomic mass is 10.2. The number of aryl methyl sites for hydroxylation is 1. The monoisotopic (exact) mass is 430 g/mol. The molecule has 0 aliphatic carbocycles. The highest BCUT2D eigenvalue weighted by Crippen LogP contribution is 2.32. The minimum absolute atomic E-state index is 0.308. The molecule has 0 radical (unpaired) electrons. The van der Waals surface area contributed by atoms with E-state index >= 15 is 0 Å². The third-order valence-corrected chi connectivity index (χ3v) is 5.61. The molecule has 8 heteroatoms. The predicted octanol–water partition coefficient (Wildman–Crippen LogP) is 5.23. The summed E-state index contributed by atoms with van der Waals surface area (Å²) in [5.74, 6) is 0.466. The molecular formula is C21H19ClN2O4S. The molecule has 0 bridgehead atoms. The fraction of sp³-hybridized carbons (Fsp3) is 0.143. The first-order valence-electron chi connectivity index (χ1n) is 8.62. The maximum atomic E-state index is 12.8. The first-order valence-corrected chi connectivity index (χ1v) is 9.82. The standard InChI is InChI=1S/C21H19ClN2O4S/c1-12-10-18(24-20(25)14-6-4-5-7-15(14)22)29-19(12)21(26)23-16-11-13(27-2)8-9-17(16)28-3/h4-11H,1-3H3,(H,23,26)(H,24,25). The second-order valence-corrected chi connectivity index (χ2v) is 7.54. The van der Waals surface area contributed by atoms with E-state index in [9.17, 15) is 9.59 Å². The molecule has 0 fully saturated rings. The van der Waals surface area contributed by atoms with Crippen molar-refractivity contribution in [3.8, 4) is 11.5 Å². The molecule has 2 aromatic carbocycles. The average Bonchev–Trinajstić information content (AvgIpc) is 3.08. The van der Waals surface area contributed by atoms with Crippen LogP contribution < -0.4 is 20.1 Å². The van der Waals surface area contributed by atoms with Gasteiger partial charge in [-0.1, -0.05) is 23.7 Å². The number of nitrogens with one attached hydrogen (secondary N) is 2. The summed E-state index contributed by atoms with van der Waals surface area (Å²) in [5, 5.41) is 6.54. The summed E-state index contributed by atoms with van der Waals surface area (Å²) in [5.41, 5.74) is 1.60. The Morgan fingerprint density at radius 1 is 0.966 bits per heavy atom. The number of hydrogen-bond acceptors (Lipinski definition) is 5. The quantitative estimate of drug-likeness (QED) is 0.561. The highest BCUT2D eigenvalue weighted by molar-refractivity contribution is 7.18. The summed E-state index contributed by atoms with van der Waals surface area (Å²) in [6.07, 6.45) is 0. The van der Waals surface area contributed by atoms with Gasteiger partial charge in [0, 0.05) is 6.07 Å². The van der Waals surface area contributed by atoms with Crippen LogP contribution in [0.25, 0.3) is 0 Å². The van der Waals surface area contributed by atoms with E-state index in [1.54, 1.807) is 62.6 Å². The van der Waals surface area contributed by atoms with Gasteiger partial charge in [0.1, 0.15) is 11.5 Å². The Morgan fingerprint density at radius 3 is 2.41 bits per heavy atom. The van der Waals surface area contributed by atoms with E-state index in [1.165, 1.54) is 18.4 Å². The zero-order valence-corrected chi connectivity index (χ0v) is 17.6. The van der Waals surface area contributed by atoms with Gasteiger partial charge in [-0.25, -0.2) is 0 Å². The van der Waals surface area contributed by atoms with Gasteiger partial charge in [0.25, 0.3) is 11.8 Å². The van der Waals surface area contributed by atoms with Crippen LogP contribution in [0.3, 0.4) is 0 Å². The number of methoxy groups -OCH3 is 2. The molecule has 0 spiro atoms. The van der Waals surface area contributed by atoms with Gasteiger partial charge >= 0.3 is 0 Å². The Morgan fingerprint density at radius 2 is 1.72 bits per heavy atom. The van der Waals surface area contributed by atoms with Crippen molar-refractivity contribution in [2.45, 2.75) is 6.92 Å². The second kappa shape index (κ2) is 8.98. The summed E-state index contributed by atoms with van der Waals surface area (Å²) in [6, 6.07) is 13.7. The van der Waals surface area contributed by atoms with Gasteiger partial charge in [-0.15, -0.1) is 11.3 Å². The second-order valence-electron chi connectivity index (χ2n) is 6.08. The zero-order chi connectivity index (χ0) is 21.0. The van der Waals surface area contributed by atoms with Crippen molar-refractivity contribution in [1.29, 1.82) is 0 Å². The van der Waals surface area contributed by atoms with Crippen molar-refractivity contribution in [3.63, 3.8) is 0 Å². The van der Waals surface area contributed by atoms with Crippen molar-refractivity contribution >= 4 is 45.4 Å². The zero-order valence-electron chi connectivity index (χ0n) is 16.0. The summed E-state index contributed by atoms with van der Waals surface area (Å²) in [4.78, 5) is 25.7. The molecule has 0 atom stereocenters. The lowest BCUT2D eigenvalue weighted by Gasteiger charge is -2.11. The SMILES string of the molecule is COc1ccc(OC)c(NC(=O)c2sc(NC(=O)c3ccccc3Cl)cc2C)c1. The van der Waals surface area contributed by atoms with E-state index in [0.717, 1.165) is 5.56 Å². The third kappa shape index (κ3) is 4.70. The molecule has 3 rings (SSSR count). The van der Waals surface area contributed by atoms with E-state index in [1.807, 2.05) is 0 Å². The Bertz CT molecular complexity index is 1060. The summed E-state index contributed by atoms with van der Waals surface area (Å²) in [6.45, 7) is 1.80. The summed E-state index contributed by atoms with van der Waals surface area (Å²) >= 11 is 7.25.